The average molecular weight is 372 g/mol. The smallest absolute Gasteiger partial charge is 0.422 e. The molecule has 0 unspecified atom stereocenters. The number of nitrogens with zero attached hydrogens (tertiary/aromatic N) is 1. The van der Waals surface area contributed by atoms with Gasteiger partial charge < -0.3 is 20.1 Å². The third-order valence-corrected chi connectivity index (χ3v) is 5.09. The summed E-state index contributed by atoms with van der Waals surface area (Å²) < 4.78 is 41.0. The Hall–Kier alpha value is -2.45. The number of benzene rings is 1. The summed E-state index contributed by atoms with van der Waals surface area (Å²) in [5.74, 6) is -0.855. The summed E-state index contributed by atoms with van der Waals surface area (Å²) in [5.41, 5.74) is -0.456. The number of likely N-dealkylation sites (tertiary alicyclic amines) is 1. The topological polar surface area (TPSA) is 78.9 Å². The molecule has 1 heterocycles. The highest BCUT2D eigenvalue weighted by atomic mass is 19.4. The van der Waals surface area contributed by atoms with E-state index in [0.29, 0.717) is 18.7 Å². The average Bonchev–Trinajstić information content (AvgIpc) is 3.11. The number of urea groups is 1. The van der Waals surface area contributed by atoms with Crippen LogP contribution in [-0.4, -0.2) is 47.9 Å². The van der Waals surface area contributed by atoms with Crippen LogP contribution < -0.4 is 10.1 Å². The van der Waals surface area contributed by atoms with Gasteiger partial charge in [0.15, 0.2) is 6.61 Å². The number of ether oxygens (including phenoxy) is 1. The van der Waals surface area contributed by atoms with Gasteiger partial charge in [-0.15, -0.1) is 0 Å². The summed E-state index contributed by atoms with van der Waals surface area (Å²) in [6.07, 6.45) is -2.20. The van der Waals surface area contributed by atoms with Crippen LogP contribution in [0.15, 0.2) is 24.3 Å². The molecule has 142 valence electrons. The quantitative estimate of drug-likeness (QED) is 0.850. The van der Waals surface area contributed by atoms with Gasteiger partial charge in [0.05, 0.1) is 5.41 Å². The third kappa shape index (κ3) is 3.71. The van der Waals surface area contributed by atoms with E-state index >= 15 is 0 Å². The van der Waals surface area contributed by atoms with Crippen molar-refractivity contribution in [2.24, 2.45) is 11.3 Å². The van der Waals surface area contributed by atoms with E-state index in [9.17, 15) is 27.9 Å². The van der Waals surface area contributed by atoms with Crippen molar-refractivity contribution in [2.75, 3.05) is 25.0 Å². The molecule has 2 atom stereocenters. The summed E-state index contributed by atoms with van der Waals surface area (Å²) in [6.45, 7) is -0.818. The van der Waals surface area contributed by atoms with E-state index in [-0.39, 0.29) is 18.2 Å². The Balaban J connectivity index is 1.58. The number of amides is 2. The zero-order valence-electron chi connectivity index (χ0n) is 13.9. The van der Waals surface area contributed by atoms with Gasteiger partial charge in [0.25, 0.3) is 0 Å². The molecule has 6 nitrogen and oxygen atoms in total. The number of fused-ring (bicyclic) bond motifs is 1. The first-order valence-corrected chi connectivity index (χ1v) is 8.28. The van der Waals surface area contributed by atoms with Gasteiger partial charge in [-0.1, -0.05) is 6.42 Å². The Morgan fingerprint density at radius 3 is 2.58 bits per heavy atom. The predicted octanol–water partition coefficient (Wildman–Crippen LogP) is 3.35. The number of alkyl halides is 3. The van der Waals surface area contributed by atoms with Gasteiger partial charge in [-0.25, -0.2) is 4.79 Å². The fraction of sp³-hybridized carbons (Fsp3) is 0.529. The van der Waals surface area contributed by atoms with Crippen LogP contribution in [0, 0.1) is 11.3 Å². The van der Waals surface area contributed by atoms with Crippen molar-refractivity contribution in [1.82, 2.24) is 4.90 Å². The largest absolute Gasteiger partial charge is 0.484 e. The highest BCUT2D eigenvalue weighted by Crippen LogP contribution is 2.48. The Kier molecular flexibility index (Phi) is 4.72. The molecule has 3 rings (SSSR count). The lowest BCUT2D eigenvalue weighted by Crippen LogP contribution is -2.38. The van der Waals surface area contributed by atoms with Crippen LogP contribution in [0.3, 0.4) is 0 Å². The third-order valence-electron chi connectivity index (χ3n) is 5.09. The minimum atomic E-state index is -4.42. The van der Waals surface area contributed by atoms with Crippen molar-refractivity contribution in [3.8, 4) is 5.75 Å². The molecule has 2 aliphatic rings. The summed E-state index contributed by atoms with van der Waals surface area (Å²) in [4.78, 5) is 25.5. The Morgan fingerprint density at radius 2 is 2.00 bits per heavy atom. The molecule has 1 saturated heterocycles. The van der Waals surface area contributed by atoms with E-state index in [2.05, 4.69) is 10.1 Å². The minimum Gasteiger partial charge on any atom is -0.484 e. The van der Waals surface area contributed by atoms with Gasteiger partial charge >= 0.3 is 18.2 Å². The van der Waals surface area contributed by atoms with Gasteiger partial charge in [-0.3, -0.25) is 4.79 Å². The zero-order valence-corrected chi connectivity index (χ0v) is 13.9. The first-order valence-electron chi connectivity index (χ1n) is 8.28. The first kappa shape index (κ1) is 18.3. The number of carboxylic acids is 1. The Labute approximate surface area is 147 Å². The lowest BCUT2D eigenvalue weighted by Gasteiger charge is -2.23. The van der Waals surface area contributed by atoms with Gasteiger partial charge in [0, 0.05) is 18.8 Å². The molecule has 0 aromatic heterocycles. The number of hydrogen-bond acceptors (Lipinski definition) is 3. The Bertz CT molecular complexity index is 692. The van der Waals surface area contributed by atoms with Crippen molar-refractivity contribution >= 4 is 17.7 Å². The highest BCUT2D eigenvalue weighted by molar-refractivity contribution is 5.90. The molecule has 0 radical (unpaired) electrons. The maximum absolute atomic E-state index is 12.4. The van der Waals surface area contributed by atoms with Gasteiger partial charge in [-0.2, -0.15) is 13.2 Å². The number of rotatable bonds is 4. The molecule has 1 aromatic rings. The number of carbonyl (C=O) groups excluding carboxylic acids is 1. The summed E-state index contributed by atoms with van der Waals surface area (Å²) in [5, 5.41) is 12.2. The molecule has 2 amide bonds. The van der Waals surface area contributed by atoms with E-state index in [1.165, 1.54) is 29.2 Å². The predicted molar refractivity (Wildman–Crippen MR) is 86.0 cm³/mol. The van der Waals surface area contributed by atoms with Crippen LogP contribution in [0.25, 0.3) is 0 Å². The molecule has 2 N–H and O–H groups in total. The fourth-order valence-corrected chi connectivity index (χ4v) is 3.80. The van der Waals surface area contributed by atoms with Crippen molar-refractivity contribution in [3.63, 3.8) is 0 Å². The van der Waals surface area contributed by atoms with E-state index in [0.717, 1.165) is 12.8 Å². The molecule has 2 fully saturated rings. The standard InChI is InChI=1S/C17H19F3N2O4/c18-17(19,20)10-26-13-5-3-12(4-6-13)21-15(25)22-8-11-2-1-7-16(11,9-22)14(23)24/h3-6,11H,1-2,7-10H2,(H,21,25)(H,23,24)/t11-,16+/m0/s1. The van der Waals surface area contributed by atoms with Crippen molar-refractivity contribution < 1.29 is 32.6 Å². The highest BCUT2D eigenvalue weighted by Gasteiger charge is 2.55. The number of nitrogens with one attached hydrogen (secondary N) is 1. The van der Waals surface area contributed by atoms with Crippen LogP contribution in [-0.2, 0) is 4.79 Å². The van der Waals surface area contributed by atoms with Crippen molar-refractivity contribution in [2.45, 2.75) is 25.4 Å². The first-order chi connectivity index (χ1) is 12.2. The number of anilines is 1. The van der Waals surface area contributed by atoms with E-state index in [1.54, 1.807) is 0 Å². The van der Waals surface area contributed by atoms with E-state index < -0.39 is 30.2 Å². The molecule has 1 aliphatic carbocycles. The van der Waals surface area contributed by atoms with E-state index in [1.807, 2.05) is 0 Å². The van der Waals surface area contributed by atoms with Crippen molar-refractivity contribution in [3.05, 3.63) is 24.3 Å². The number of carbonyl (C=O) groups is 2. The van der Waals surface area contributed by atoms with Gasteiger partial charge in [-0.05, 0) is 43.0 Å². The van der Waals surface area contributed by atoms with Gasteiger partial charge in [0.1, 0.15) is 5.75 Å². The number of aliphatic carboxylic acids is 1. The molecule has 1 saturated carbocycles. The lowest BCUT2D eigenvalue weighted by molar-refractivity contribution is -0.153. The Morgan fingerprint density at radius 1 is 1.31 bits per heavy atom. The lowest BCUT2D eigenvalue weighted by atomic mass is 9.81. The van der Waals surface area contributed by atoms with E-state index in [4.69, 9.17) is 0 Å². The van der Waals surface area contributed by atoms with Gasteiger partial charge in [0.2, 0.25) is 0 Å². The molecular formula is C17H19F3N2O4. The second-order valence-electron chi connectivity index (χ2n) is 6.79. The maximum atomic E-state index is 12.4. The maximum Gasteiger partial charge on any atom is 0.422 e. The molecule has 0 bridgehead atoms. The van der Waals surface area contributed by atoms with Crippen LogP contribution in [0.4, 0.5) is 23.7 Å². The summed E-state index contributed by atoms with van der Waals surface area (Å²) >= 11 is 0. The molecular weight excluding hydrogens is 353 g/mol. The SMILES string of the molecule is O=C(Nc1ccc(OCC(F)(F)F)cc1)N1C[C@@H]2CCC[C@@]2(C(=O)O)C1. The number of hydrogen-bond donors (Lipinski definition) is 2. The van der Waals surface area contributed by atoms with Crippen LogP contribution in [0.2, 0.25) is 0 Å². The monoisotopic (exact) mass is 372 g/mol. The molecule has 1 aromatic carbocycles. The molecule has 9 heteroatoms. The number of carboxylic acid groups (broad SMARTS) is 1. The zero-order chi connectivity index (χ0) is 18.9. The summed E-state index contributed by atoms with van der Waals surface area (Å²) in [7, 11) is 0. The normalized spacial score (nSPS) is 25.0. The van der Waals surface area contributed by atoms with Crippen LogP contribution in [0.1, 0.15) is 19.3 Å². The second-order valence-corrected chi connectivity index (χ2v) is 6.79. The summed E-state index contributed by atoms with van der Waals surface area (Å²) in [6, 6.07) is 5.13. The number of halogens is 3. The molecule has 0 spiro atoms. The fourth-order valence-electron chi connectivity index (χ4n) is 3.80. The van der Waals surface area contributed by atoms with Crippen LogP contribution in [0.5, 0.6) is 5.75 Å². The minimum absolute atomic E-state index is 0.0381. The van der Waals surface area contributed by atoms with Crippen molar-refractivity contribution in [1.29, 1.82) is 0 Å². The second kappa shape index (κ2) is 6.69. The molecule has 26 heavy (non-hydrogen) atoms. The molecule has 1 aliphatic heterocycles. The van der Waals surface area contributed by atoms with Crippen LogP contribution >= 0.6 is 0 Å².